The predicted molar refractivity (Wildman–Crippen MR) is 93.0 cm³/mol. The van der Waals surface area contributed by atoms with Crippen molar-refractivity contribution in [3.63, 3.8) is 0 Å². The highest BCUT2D eigenvalue weighted by atomic mass is 16.3. The third kappa shape index (κ3) is 1.89. The average molecular weight is 321 g/mol. The topological polar surface area (TPSA) is 40.5 Å². The van der Waals surface area contributed by atoms with Gasteiger partial charge in [-0.05, 0) is 74.0 Å². The van der Waals surface area contributed by atoms with E-state index in [2.05, 4.69) is 20.8 Å². The molecule has 0 amide bonds. The molecule has 2 N–H and O–H groups in total. The van der Waals surface area contributed by atoms with E-state index in [9.17, 15) is 10.2 Å². The van der Waals surface area contributed by atoms with Crippen LogP contribution in [0.2, 0.25) is 0 Å². The van der Waals surface area contributed by atoms with Crippen LogP contribution in [0.1, 0.15) is 85.0 Å². The van der Waals surface area contributed by atoms with Crippen molar-refractivity contribution in [3.05, 3.63) is 0 Å². The Balaban J connectivity index is 1.75. The van der Waals surface area contributed by atoms with Crippen molar-refractivity contribution in [2.45, 2.75) is 96.7 Å². The molecule has 0 aromatic rings. The van der Waals surface area contributed by atoms with Gasteiger partial charge in [0, 0.05) is 5.41 Å². The summed E-state index contributed by atoms with van der Waals surface area (Å²) in [4.78, 5) is 0. The first-order chi connectivity index (χ1) is 10.9. The molecule has 4 aliphatic carbocycles. The molecule has 2 heteroatoms. The van der Waals surface area contributed by atoms with E-state index in [-0.39, 0.29) is 10.8 Å². The Morgan fingerprint density at radius 1 is 0.957 bits per heavy atom. The lowest BCUT2D eigenvalue weighted by Crippen LogP contribution is -2.70. The molecule has 4 aliphatic rings. The van der Waals surface area contributed by atoms with Gasteiger partial charge in [-0.1, -0.05) is 40.0 Å². The summed E-state index contributed by atoms with van der Waals surface area (Å²) in [7, 11) is 0. The second-order valence-electron chi connectivity index (χ2n) is 9.88. The maximum absolute atomic E-state index is 12.0. The summed E-state index contributed by atoms with van der Waals surface area (Å²) in [5, 5.41) is 23.2. The molecule has 4 rings (SSSR count). The molecule has 1 unspecified atom stereocenters. The van der Waals surface area contributed by atoms with Gasteiger partial charge in [-0.25, -0.2) is 0 Å². The molecule has 0 aromatic carbocycles. The standard InChI is InChI=1S/C21H36O2/c1-4-14-8-10-16-17-11-9-15-7-5-6-12-20(15,3)21(17,23)18(22)13-19(14,16)2/h14-18,22-23H,4-13H2,1-3H3/t14-,15?,16-,17-,18-,19+,20-,21-/m0/s1. The summed E-state index contributed by atoms with van der Waals surface area (Å²) in [6, 6.07) is 0. The van der Waals surface area contributed by atoms with Gasteiger partial charge in [0.2, 0.25) is 0 Å². The predicted octanol–water partition coefficient (Wildman–Crippen LogP) is 4.53. The highest BCUT2D eigenvalue weighted by Crippen LogP contribution is 2.69. The quantitative estimate of drug-likeness (QED) is 0.745. The molecule has 132 valence electrons. The highest BCUT2D eigenvalue weighted by Gasteiger charge is 2.69. The molecule has 0 bridgehead atoms. The summed E-state index contributed by atoms with van der Waals surface area (Å²) >= 11 is 0. The number of fused-ring (bicyclic) bond motifs is 5. The molecule has 0 heterocycles. The van der Waals surface area contributed by atoms with E-state index in [4.69, 9.17) is 0 Å². The van der Waals surface area contributed by atoms with E-state index >= 15 is 0 Å². The maximum atomic E-state index is 12.0. The molecule has 0 aromatic heterocycles. The summed E-state index contributed by atoms with van der Waals surface area (Å²) in [5.41, 5.74) is -0.634. The normalized spacial score (nSPS) is 59.1. The zero-order valence-corrected chi connectivity index (χ0v) is 15.4. The SMILES string of the molecule is CC[C@H]1CC[C@H]2[C@@H]3CCC4CCCC[C@]4(C)[C@@]3(O)[C@@H](O)C[C@]12C. The lowest BCUT2D eigenvalue weighted by molar-refractivity contribution is -0.281. The smallest absolute Gasteiger partial charge is 0.0992 e. The molecular weight excluding hydrogens is 284 g/mol. The Bertz CT molecular complexity index is 476. The summed E-state index contributed by atoms with van der Waals surface area (Å²) < 4.78 is 0. The first kappa shape index (κ1) is 16.4. The van der Waals surface area contributed by atoms with Crippen LogP contribution in [0.5, 0.6) is 0 Å². The highest BCUT2D eigenvalue weighted by molar-refractivity contribution is 5.19. The summed E-state index contributed by atoms with van der Waals surface area (Å²) in [5.74, 6) is 2.32. The van der Waals surface area contributed by atoms with Crippen molar-refractivity contribution in [1.29, 1.82) is 0 Å². The van der Waals surface area contributed by atoms with Crippen LogP contribution in [0, 0.1) is 34.5 Å². The molecular formula is C21H36O2. The monoisotopic (exact) mass is 320 g/mol. The van der Waals surface area contributed by atoms with Crippen molar-refractivity contribution in [2.24, 2.45) is 34.5 Å². The van der Waals surface area contributed by atoms with Crippen LogP contribution in [0.4, 0.5) is 0 Å². The van der Waals surface area contributed by atoms with E-state index in [1.807, 2.05) is 0 Å². The molecule has 2 nitrogen and oxygen atoms in total. The minimum Gasteiger partial charge on any atom is -0.390 e. The zero-order chi connectivity index (χ0) is 16.5. The fourth-order valence-electron chi connectivity index (χ4n) is 8.12. The lowest BCUT2D eigenvalue weighted by Gasteiger charge is -2.66. The van der Waals surface area contributed by atoms with Crippen LogP contribution >= 0.6 is 0 Å². The van der Waals surface area contributed by atoms with Crippen LogP contribution in [0.25, 0.3) is 0 Å². The van der Waals surface area contributed by atoms with Gasteiger partial charge < -0.3 is 10.2 Å². The molecule has 0 spiro atoms. The van der Waals surface area contributed by atoms with Crippen LogP contribution < -0.4 is 0 Å². The first-order valence-electron chi connectivity index (χ1n) is 10.3. The number of aliphatic hydroxyl groups excluding tert-OH is 1. The summed E-state index contributed by atoms with van der Waals surface area (Å²) in [6.45, 7) is 7.06. The first-order valence-corrected chi connectivity index (χ1v) is 10.3. The molecule has 8 atom stereocenters. The molecule has 0 radical (unpaired) electrons. The summed E-state index contributed by atoms with van der Waals surface area (Å²) in [6.07, 6.45) is 11.4. The third-order valence-electron chi connectivity index (χ3n) is 9.43. The van der Waals surface area contributed by atoms with Crippen molar-refractivity contribution in [3.8, 4) is 0 Å². The van der Waals surface area contributed by atoms with Crippen molar-refractivity contribution in [2.75, 3.05) is 0 Å². The van der Waals surface area contributed by atoms with Crippen molar-refractivity contribution in [1.82, 2.24) is 0 Å². The second kappa shape index (κ2) is 5.21. The van der Waals surface area contributed by atoms with Crippen LogP contribution in [0.3, 0.4) is 0 Å². The second-order valence-corrected chi connectivity index (χ2v) is 9.88. The average Bonchev–Trinajstić information content (AvgIpc) is 2.84. The van der Waals surface area contributed by atoms with Gasteiger partial charge in [0.15, 0.2) is 0 Å². The van der Waals surface area contributed by atoms with E-state index in [0.29, 0.717) is 17.8 Å². The number of aliphatic hydroxyl groups is 2. The Labute approximate surface area is 142 Å². The third-order valence-corrected chi connectivity index (χ3v) is 9.43. The van der Waals surface area contributed by atoms with Gasteiger partial charge in [-0.2, -0.15) is 0 Å². The van der Waals surface area contributed by atoms with Gasteiger partial charge >= 0.3 is 0 Å². The maximum Gasteiger partial charge on any atom is 0.0992 e. The van der Waals surface area contributed by atoms with E-state index < -0.39 is 11.7 Å². The Kier molecular flexibility index (Phi) is 3.71. The number of rotatable bonds is 1. The Morgan fingerprint density at radius 3 is 2.43 bits per heavy atom. The Hall–Kier alpha value is -0.0800. The van der Waals surface area contributed by atoms with Crippen LogP contribution in [-0.4, -0.2) is 21.9 Å². The van der Waals surface area contributed by atoms with Crippen LogP contribution in [-0.2, 0) is 0 Å². The van der Waals surface area contributed by atoms with Gasteiger partial charge in [-0.15, -0.1) is 0 Å². The fourth-order valence-corrected chi connectivity index (χ4v) is 8.12. The van der Waals surface area contributed by atoms with Gasteiger partial charge in [0.25, 0.3) is 0 Å². The Morgan fingerprint density at radius 2 is 1.70 bits per heavy atom. The van der Waals surface area contributed by atoms with Crippen LogP contribution in [0.15, 0.2) is 0 Å². The van der Waals surface area contributed by atoms with E-state index in [1.165, 1.54) is 44.9 Å². The molecule has 23 heavy (non-hydrogen) atoms. The van der Waals surface area contributed by atoms with E-state index in [1.54, 1.807) is 0 Å². The molecule has 0 aliphatic heterocycles. The molecule has 4 fully saturated rings. The minimum absolute atomic E-state index is 0.0563. The zero-order valence-electron chi connectivity index (χ0n) is 15.4. The van der Waals surface area contributed by atoms with Gasteiger partial charge in [-0.3, -0.25) is 0 Å². The van der Waals surface area contributed by atoms with Crippen molar-refractivity contribution >= 4 is 0 Å². The molecule has 0 saturated heterocycles. The minimum atomic E-state index is -0.830. The van der Waals surface area contributed by atoms with Gasteiger partial charge in [0.1, 0.15) is 0 Å². The largest absolute Gasteiger partial charge is 0.390 e. The number of hydrogen-bond acceptors (Lipinski definition) is 2. The van der Waals surface area contributed by atoms with Gasteiger partial charge in [0.05, 0.1) is 11.7 Å². The molecule has 4 saturated carbocycles. The van der Waals surface area contributed by atoms with E-state index in [0.717, 1.165) is 25.2 Å². The number of hydrogen-bond donors (Lipinski definition) is 2. The lowest BCUT2D eigenvalue weighted by atomic mass is 9.41. The van der Waals surface area contributed by atoms with Crippen molar-refractivity contribution < 1.29 is 10.2 Å². The fraction of sp³-hybridized carbons (Fsp3) is 1.00.